The molecule has 2 aromatic carbocycles. The number of halogens is 1. The van der Waals surface area contributed by atoms with E-state index in [0.29, 0.717) is 18.1 Å². The number of hydrogen-bond acceptors (Lipinski definition) is 3. The van der Waals surface area contributed by atoms with Crippen molar-refractivity contribution in [2.24, 2.45) is 5.92 Å². The van der Waals surface area contributed by atoms with Crippen LogP contribution in [0.1, 0.15) is 30.4 Å². The van der Waals surface area contributed by atoms with E-state index in [4.69, 9.17) is 11.6 Å². The second-order valence-electron chi connectivity index (χ2n) is 9.05. The molecule has 1 aliphatic heterocycles. The molecule has 0 radical (unpaired) electrons. The molecule has 2 amide bonds. The first-order chi connectivity index (χ1) is 16.7. The molecule has 4 rings (SSSR count). The minimum atomic E-state index is -0.104. The minimum absolute atomic E-state index is 0.104. The summed E-state index contributed by atoms with van der Waals surface area (Å²) < 4.78 is 0. The normalized spacial score (nSPS) is 14.6. The van der Waals surface area contributed by atoms with Crippen molar-refractivity contribution in [3.05, 3.63) is 95.3 Å². The lowest BCUT2D eigenvalue weighted by molar-refractivity contribution is 0.170. The number of nitrogens with zero attached hydrogens (tertiary/aromatic N) is 3. The van der Waals surface area contributed by atoms with Gasteiger partial charge < -0.3 is 15.1 Å². The highest BCUT2D eigenvalue weighted by atomic mass is 35.5. The number of rotatable bonds is 9. The molecule has 5 nitrogen and oxygen atoms in total. The van der Waals surface area contributed by atoms with E-state index in [2.05, 4.69) is 45.5 Å². The van der Waals surface area contributed by atoms with Crippen molar-refractivity contribution in [2.45, 2.75) is 32.2 Å². The number of aromatic nitrogens is 1. The number of piperidine rings is 1. The zero-order chi connectivity index (χ0) is 23.6. The molecule has 6 heteroatoms. The van der Waals surface area contributed by atoms with Gasteiger partial charge in [-0.2, -0.15) is 0 Å². The number of carbonyl (C=O) groups excluding carboxylic acids is 1. The van der Waals surface area contributed by atoms with Crippen LogP contribution in [-0.4, -0.2) is 47.0 Å². The van der Waals surface area contributed by atoms with Crippen LogP contribution in [0.15, 0.2) is 79.1 Å². The largest absolute Gasteiger partial charge is 0.322 e. The lowest BCUT2D eigenvalue weighted by Crippen LogP contribution is -2.39. The maximum atomic E-state index is 13.0. The van der Waals surface area contributed by atoms with Crippen LogP contribution in [0.4, 0.5) is 10.5 Å². The Morgan fingerprint density at radius 3 is 2.44 bits per heavy atom. The predicted molar refractivity (Wildman–Crippen MR) is 139 cm³/mol. The second kappa shape index (κ2) is 12.5. The van der Waals surface area contributed by atoms with E-state index in [1.54, 1.807) is 18.3 Å². The molecular formula is C28H33ClN4O. The third kappa shape index (κ3) is 7.57. The molecule has 0 spiro atoms. The van der Waals surface area contributed by atoms with Gasteiger partial charge in [-0.25, -0.2) is 4.79 Å². The van der Waals surface area contributed by atoms with E-state index in [-0.39, 0.29) is 6.03 Å². The van der Waals surface area contributed by atoms with Gasteiger partial charge in [-0.1, -0.05) is 48.0 Å². The zero-order valence-corrected chi connectivity index (χ0v) is 20.3. The van der Waals surface area contributed by atoms with Gasteiger partial charge in [0.2, 0.25) is 0 Å². The maximum absolute atomic E-state index is 13.0. The molecule has 1 fully saturated rings. The van der Waals surface area contributed by atoms with Gasteiger partial charge in [0, 0.05) is 36.2 Å². The SMILES string of the molecule is O=C(Nc1ccc(Cl)cc1)N(CCCN1CCC(Cc2ccccc2)CC1)Cc1cccnc1. The van der Waals surface area contributed by atoms with E-state index in [1.807, 2.05) is 35.4 Å². The Morgan fingerprint density at radius 1 is 1.00 bits per heavy atom. The highest BCUT2D eigenvalue weighted by Crippen LogP contribution is 2.22. The molecule has 0 unspecified atom stereocenters. The first kappa shape index (κ1) is 24.2. The molecule has 3 aromatic rings. The van der Waals surface area contributed by atoms with Crippen LogP contribution in [0, 0.1) is 5.92 Å². The quantitative estimate of drug-likeness (QED) is 0.405. The first-order valence-electron chi connectivity index (χ1n) is 12.1. The van der Waals surface area contributed by atoms with Crippen molar-refractivity contribution in [1.29, 1.82) is 0 Å². The lowest BCUT2D eigenvalue weighted by Gasteiger charge is -2.32. The van der Waals surface area contributed by atoms with E-state index in [9.17, 15) is 4.79 Å². The van der Waals surface area contributed by atoms with Gasteiger partial charge in [-0.05, 0) is 92.7 Å². The first-order valence-corrected chi connectivity index (χ1v) is 12.5. The molecule has 1 aliphatic rings. The highest BCUT2D eigenvalue weighted by Gasteiger charge is 2.20. The number of hydrogen-bond donors (Lipinski definition) is 1. The summed E-state index contributed by atoms with van der Waals surface area (Å²) in [6.07, 6.45) is 8.18. The average Bonchev–Trinajstić information content (AvgIpc) is 2.87. The summed E-state index contributed by atoms with van der Waals surface area (Å²) in [5.74, 6) is 0.769. The monoisotopic (exact) mass is 476 g/mol. The molecule has 0 aliphatic carbocycles. The topological polar surface area (TPSA) is 48.5 Å². The molecule has 0 saturated carbocycles. The zero-order valence-electron chi connectivity index (χ0n) is 19.6. The Kier molecular flexibility index (Phi) is 8.94. The average molecular weight is 477 g/mol. The Hall–Kier alpha value is -2.89. The summed E-state index contributed by atoms with van der Waals surface area (Å²) in [6.45, 7) is 4.51. The summed E-state index contributed by atoms with van der Waals surface area (Å²) >= 11 is 5.98. The minimum Gasteiger partial charge on any atom is -0.320 e. The highest BCUT2D eigenvalue weighted by molar-refractivity contribution is 6.30. The lowest BCUT2D eigenvalue weighted by atomic mass is 9.90. The van der Waals surface area contributed by atoms with Crippen molar-refractivity contribution >= 4 is 23.3 Å². The second-order valence-corrected chi connectivity index (χ2v) is 9.48. The van der Waals surface area contributed by atoms with Crippen molar-refractivity contribution in [1.82, 2.24) is 14.8 Å². The van der Waals surface area contributed by atoms with E-state index in [0.717, 1.165) is 43.2 Å². The van der Waals surface area contributed by atoms with Crippen LogP contribution in [0.5, 0.6) is 0 Å². The third-order valence-corrected chi connectivity index (χ3v) is 6.71. The number of nitrogens with one attached hydrogen (secondary N) is 1. The molecule has 1 N–H and O–H groups in total. The smallest absolute Gasteiger partial charge is 0.320 e. The summed E-state index contributed by atoms with van der Waals surface area (Å²) in [7, 11) is 0. The Morgan fingerprint density at radius 2 is 1.74 bits per heavy atom. The van der Waals surface area contributed by atoms with Crippen LogP contribution in [0.25, 0.3) is 0 Å². The van der Waals surface area contributed by atoms with E-state index in [1.165, 1.54) is 24.8 Å². The number of carbonyl (C=O) groups is 1. The van der Waals surface area contributed by atoms with Gasteiger partial charge in [-0.3, -0.25) is 4.98 Å². The van der Waals surface area contributed by atoms with Crippen LogP contribution < -0.4 is 5.32 Å². The summed E-state index contributed by atoms with van der Waals surface area (Å²) in [6, 6.07) is 21.8. The molecule has 0 bridgehead atoms. The standard InChI is InChI=1S/C28H33ClN4O/c29-26-9-11-27(12-10-26)31-28(34)33(22-25-8-4-15-30-21-25)17-5-16-32-18-13-24(14-19-32)20-23-6-2-1-3-7-23/h1-4,6-12,15,21,24H,5,13-14,16-20,22H2,(H,31,34). The fourth-order valence-corrected chi connectivity index (χ4v) is 4.67. The molecule has 34 heavy (non-hydrogen) atoms. The van der Waals surface area contributed by atoms with Crippen molar-refractivity contribution in [3.63, 3.8) is 0 Å². The van der Waals surface area contributed by atoms with Gasteiger partial charge in [0.1, 0.15) is 0 Å². The number of likely N-dealkylation sites (tertiary alicyclic amines) is 1. The van der Waals surface area contributed by atoms with Crippen molar-refractivity contribution < 1.29 is 4.79 Å². The number of benzene rings is 2. The Bertz CT molecular complexity index is 1010. The Labute approximate surface area is 207 Å². The van der Waals surface area contributed by atoms with Crippen LogP contribution in [-0.2, 0) is 13.0 Å². The van der Waals surface area contributed by atoms with Crippen molar-refractivity contribution in [2.75, 3.05) is 31.5 Å². The van der Waals surface area contributed by atoms with E-state index >= 15 is 0 Å². The van der Waals surface area contributed by atoms with Crippen LogP contribution in [0.2, 0.25) is 5.02 Å². The van der Waals surface area contributed by atoms with Gasteiger partial charge in [0.15, 0.2) is 0 Å². The molecule has 2 heterocycles. The number of amides is 2. The molecular weight excluding hydrogens is 444 g/mol. The Balaban J connectivity index is 1.26. The third-order valence-electron chi connectivity index (χ3n) is 6.46. The van der Waals surface area contributed by atoms with Gasteiger partial charge >= 0.3 is 6.03 Å². The van der Waals surface area contributed by atoms with Crippen LogP contribution in [0.3, 0.4) is 0 Å². The summed E-state index contributed by atoms with van der Waals surface area (Å²) in [4.78, 5) is 21.7. The molecule has 0 atom stereocenters. The summed E-state index contributed by atoms with van der Waals surface area (Å²) in [5.41, 5.74) is 3.21. The predicted octanol–water partition coefficient (Wildman–Crippen LogP) is 6.11. The van der Waals surface area contributed by atoms with Gasteiger partial charge in [0.05, 0.1) is 0 Å². The maximum Gasteiger partial charge on any atom is 0.322 e. The van der Waals surface area contributed by atoms with Gasteiger partial charge in [-0.15, -0.1) is 0 Å². The van der Waals surface area contributed by atoms with Crippen LogP contribution >= 0.6 is 11.6 Å². The van der Waals surface area contributed by atoms with Gasteiger partial charge in [0.25, 0.3) is 0 Å². The number of urea groups is 1. The summed E-state index contributed by atoms with van der Waals surface area (Å²) in [5, 5.41) is 3.65. The van der Waals surface area contributed by atoms with E-state index < -0.39 is 0 Å². The fourth-order valence-electron chi connectivity index (χ4n) is 4.55. The number of anilines is 1. The number of pyridine rings is 1. The van der Waals surface area contributed by atoms with Crippen molar-refractivity contribution in [3.8, 4) is 0 Å². The molecule has 1 saturated heterocycles. The molecule has 178 valence electrons. The fraction of sp³-hybridized carbons (Fsp3) is 0.357. The molecule has 1 aromatic heterocycles.